The molecule has 0 unspecified atom stereocenters. The fourth-order valence-corrected chi connectivity index (χ4v) is 7.18. The van der Waals surface area contributed by atoms with E-state index in [4.69, 9.17) is 15.0 Å². The number of imidazole rings is 3. The Bertz CT molecular complexity index is 2600. The van der Waals surface area contributed by atoms with E-state index < -0.39 is 0 Å². The number of rotatable bonds is 9. The number of nitrogens with zero attached hydrogens (tertiary/aromatic N) is 12. The van der Waals surface area contributed by atoms with Gasteiger partial charge in [-0.3, -0.25) is 0 Å². The van der Waals surface area contributed by atoms with Gasteiger partial charge in [-0.1, -0.05) is 20.8 Å². The van der Waals surface area contributed by atoms with Crippen LogP contribution < -0.4 is 0 Å². The van der Waals surface area contributed by atoms with E-state index in [1.54, 1.807) is 54.6 Å². The summed E-state index contributed by atoms with van der Waals surface area (Å²) in [6, 6.07) is 28.1. The Hall–Kier alpha value is -7.77. The van der Waals surface area contributed by atoms with Gasteiger partial charge in [-0.25, -0.2) is 15.0 Å². The van der Waals surface area contributed by atoms with Gasteiger partial charge in [0.05, 0.1) is 49.9 Å². The molecule has 258 valence electrons. The van der Waals surface area contributed by atoms with Gasteiger partial charge in [-0.05, 0) is 73.9 Å². The Morgan fingerprint density at radius 1 is 0.407 bits per heavy atom. The topological polar surface area (TPSA) is 196 Å². The van der Waals surface area contributed by atoms with Crippen LogP contribution in [-0.2, 0) is 19.6 Å². The molecule has 0 aliphatic carbocycles. The normalized spacial score (nSPS) is 10.8. The Kier molecular flexibility index (Phi) is 9.05. The summed E-state index contributed by atoms with van der Waals surface area (Å²) >= 11 is 0. The third kappa shape index (κ3) is 5.36. The minimum Gasteiger partial charge on any atom is -0.322 e. The number of aromatic nitrogens is 6. The third-order valence-electron chi connectivity index (χ3n) is 9.47. The minimum atomic E-state index is 0.247. The summed E-state index contributed by atoms with van der Waals surface area (Å²) in [7, 11) is 0. The lowest BCUT2D eigenvalue weighted by Crippen LogP contribution is -2.03. The van der Waals surface area contributed by atoms with E-state index in [2.05, 4.69) is 70.9 Å². The fraction of sp³-hybridized carbons (Fsp3) is 0.214. The Balaban J connectivity index is 1.71. The summed E-state index contributed by atoms with van der Waals surface area (Å²) in [5, 5.41) is 58.8. The molecule has 0 fully saturated rings. The number of aryl methyl sites for hydroxylation is 3. The number of benzene rings is 4. The minimum absolute atomic E-state index is 0.247. The molecule has 54 heavy (non-hydrogen) atoms. The molecule has 0 saturated heterocycles. The standard InChI is InChI=1S/C42H30N12/c1-4-13-52-37-34(49-40(52)25-7-10-28(19-43)31(16-25)22-46)38-36(51-42(53(38)14-5-2)27-9-12-30(21-45)33(18-27)24-48)39-35(37)50-41(54(39)15-6-3)26-8-11-29(20-44)32(17-26)23-47/h7-12,16-18H,4-6,13-15H2,1-3H3. The van der Waals surface area contributed by atoms with Gasteiger partial charge in [-0.15, -0.1) is 0 Å². The Morgan fingerprint density at radius 3 is 0.889 bits per heavy atom. The highest BCUT2D eigenvalue weighted by Crippen LogP contribution is 2.42. The van der Waals surface area contributed by atoms with E-state index in [0.717, 1.165) is 35.8 Å². The molecule has 4 aromatic carbocycles. The van der Waals surface area contributed by atoms with Crippen molar-refractivity contribution in [2.75, 3.05) is 0 Å². The van der Waals surface area contributed by atoms with Crippen LogP contribution in [0.2, 0.25) is 0 Å². The van der Waals surface area contributed by atoms with Crippen LogP contribution in [-0.4, -0.2) is 28.7 Å². The highest BCUT2D eigenvalue weighted by molar-refractivity contribution is 6.21. The molecule has 7 aromatic rings. The van der Waals surface area contributed by atoms with Crippen molar-refractivity contribution in [1.82, 2.24) is 28.7 Å². The van der Waals surface area contributed by atoms with Gasteiger partial charge in [0.1, 0.15) is 70.4 Å². The fourth-order valence-electron chi connectivity index (χ4n) is 7.18. The van der Waals surface area contributed by atoms with Crippen molar-refractivity contribution in [2.45, 2.75) is 59.7 Å². The molecular formula is C42H30N12. The number of hydrogen-bond donors (Lipinski definition) is 0. The number of nitriles is 6. The second-order valence-corrected chi connectivity index (χ2v) is 12.8. The first-order valence-electron chi connectivity index (χ1n) is 17.6. The highest BCUT2D eigenvalue weighted by atomic mass is 15.2. The molecule has 0 radical (unpaired) electrons. The molecule has 0 saturated carbocycles. The van der Waals surface area contributed by atoms with Gasteiger partial charge >= 0.3 is 0 Å². The molecule has 0 N–H and O–H groups in total. The summed E-state index contributed by atoms with van der Waals surface area (Å²) in [6.07, 6.45) is 2.26. The largest absolute Gasteiger partial charge is 0.322 e. The second-order valence-electron chi connectivity index (χ2n) is 12.8. The zero-order valence-electron chi connectivity index (χ0n) is 29.8. The van der Waals surface area contributed by atoms with E-state index in [0.29, 0.717) is 70.3 Å². The van der Waals surface area contributed by atoms with Crippen LogP contribution in [0.15, 0.2) is 54.6 Å². The van der Waals surface area contributed by atoms with E-state index in [1.807, 2.05) is 0 Å². The zero-order chi connectivity index (χ0) is 38.1. The molecule has 0 amide bonds. The summed E-state index contributed by atoms with van der Waals surface area (Å²) < 4.78 is 6.35. The maximum atomic E-state index is 9.93. The van der Waals surface area contributed by atoms with Crippen molar-refractivity contribution in [2.24, 2.45) is 0 Å². The zero-order valence-corrected chi connectivity index (χ0v) is 29.8. The number of fused-ring (bicyclic) bond motifs is 6. The predicted octanol–water partition coefficient (Wildman–Crippen LogP) is 8.20. The SMILES string of the molecule is CCCn1c(-c2ccc(C#N)c(C#N)c2)nc2c1c1nc(-c3ccc(C#N)c(C#N)c3)n(CCC)c1c1nc(-c3ccc(C#N)c(C#N)c3)n(CCC)c21. The molecule has 3 aromatic heterocycles. The highest BCUT2D eigenvalue weighted by Gasteiger charge is 2.29. The quantitative estimate of drug-likeness (QED) is 0.142. The first-order valence-corrected chi connectivity index (χ1v) is 17.6. The molecule has 0 bridgehead atoms. The molecule has 12 nitrogen and oxygen atoms in total. The van der Waals surface area contributed by atoms with Crippen molar-refractivity contribution in [1.29, 1.82) is 31.6 Å². The van der Waals surface area contributed by atoms with E-state index in [9.17, 15) is 31.6 Å². The first-order chi connectivity index (χ1) is 26.4. The molecule has 0 aliphatic heterocycles. The van der Waals surface area contributed by atoms with Crippen LogP contribution in [0.1, 0.15) is 73.4 Å². The van der Waals surface area contributed by atoms with Gasteiger partial charge in [0.2, 0.25) is 0 Å². The summed E-state index contributed by atoms with van der Waals surface area (Å²) in [5.41, 5.74) is 7.82. The molecule has 0 spiro atoms. The third-order valence-corrected chi connectivity index (χ3v) is 9.47. The van der Waals surface area contributed by atoms with E-state index in [1.165, 1.54) is 0 Å². The van der Waals surface area contributed by atoms with Gasteiger partial charge < -0.3 is 13.7 Å². The van der Waals surface area contributed by atoms with Crippen molar-refractivity contribution in [3.63, 3.8) is 0 Å². The van der Waals surface area contributed by atoms with Crippen LogP contribution in [0.25, 0.3) is 67.3 Å². The first kappa shape index (κ1) is 34.7. The van der Waals surface area contributed by atoms with Crippen LogP contribution in [0.4, 0.5) is 0 Å². The Morgan fingerprint density at radius 2 is 0.667 bits per heavy atom. The summed E-state index contributed by atoms with van der Waals surface area (Å²) in [6.45, 7) is 7.91. The van der Waals surface area contributed by atoms with Crippen LogP contribution >= 0.6 is 0 Å². The van der Waals surface area contributed by atoms with Crippen molar-refractivity contribution in [3.8, 4) is 70.6 Å². The molecule has 3 heterocycles. The van der Waals surface area contributed by atoms with Crippen molar-refractivity contribution >= 4 is 33.1 Å². The molecule has 7 rings (SSSR count). The molecule has 0 atom stereocenters. The van der Waals surface area contributed by atoms with E-state index in [-0.39, 0.29) is 33.4 Å². The van der Waals surface area contributed by atoms with Gasteiger partial charge in [-0.2, -0.15) is 31.6 Å². The molecular weight excluding hydrogens is 673 g/mol. The lowest BCUT2D eigenvalue weighted by molar-refractivity contribution is 0.703. The van der Waals surface area contributed by atoms with Gasteiger partial charge in [0.25, 0.3) is 0 Å². The second kappa shape index (κ2) is 14.1. The van der Waals surface area contributed by atoms with Crippen molar-refractivity contribution in [3.05, 3.63) is 88.0 Å². The summed E-state index contributed by atoms with van der Waals surface area (Å²) in [5.74, 6) is 1.82. The van der Waals surface area contributed by atoms with E-state index >= 15 is 0 Å². The lowest BCUT2D eigenvalue weighted by Gasteiger charge is -2.11. The van der Waals surface area contributed by atoms with Crippen LogP contribution in [0.5, 0.6) is 0 Å². The maximum Gasteiger partial charge on any atom is 0.141 e. The average Bonchev–Trinajstić information content (AvgIpc) is 3.89. The smallest absolute Gasteiger partial charge is 0.141 e. The van der Waals surface area contributed by atoms with Crippen molar-refractivity contribution < 1.29 is 0 Å². The number of hydrogen-bond acceptors (Lipinski definition) is 9. The maximum absolute atomic E-state index is 9.93. The van der Waals surface area contributed by atoms with Gasteiger partial charge in [0, 0.05) is 36.3 Å². The monoisotopic (exact) mass is 702 g/mol. The van der Waals surface area contributed by atoms with Gasteiger partial charge in [0.15, 0.2) is 0 Å². The lowest BCUT2D eigenvalue weighted by atomic mass is 10.1. The van der Waals surface area contributed by atoms with Crippen LogP contribution in [0, 0.1) is 68.0 Å². The predicted molar refractivity (Wildman–Crippen MR) is 202 cm³/mol. The average molecular weight is 703 g/mol. The summed E-state index contributed by atoms with van der Waals surface area (Å²) in [4.78, 5) is 15.9. The van der Waals surface area contributed by atoms with Crippen LogP contribution in [0.3, 0.4) is 0 Å². The Labute approximate surface area is 310 Å². The molecule has 12 heteroatoms. The molecule has 0 aliphatic rings.